The van der Waals surface area contributed by atoms with Gasteiger partial charge in [0.05, 0.1) is 0 Å². The third-order valence-electron chi connectivity index (χ3n) is 1.56. The second-order valence-electron chi connectivity index (χ2n) is 2.88. The number of carbonyl (C=O) groups is 2. The van der Waals surface area contributed by atoms with Crippen molar-refractivity contribution in [1.82, 2.24) is 0 Å². The minimum atomic E-state index is -0.914. The number of hydrogen-bond acceptors (Lipinski definition) is 2. The normalized spacial score (nSPS) is 8.86. The van der Waals surface area contributed by atoms with Gasteiger partial charge < -0.3 is 10.2 Å². The third kappa shape index (κ3) is 10.5. The standard InChI is InChI=1S/C10H14O4/c11-9(12)7-5-3-1-2-4-6-8-10(13)14/h1-3,5,7-8H2,(H,11,12)(H,13,14). The van der Waals surface area contributed by atoms with E-state index in [-0.39, 0.29) is 12.8 Å². The summed E-state index contributed by atoms with van der Waals surface area (Å²) in [6.45, 7) is 0. The summed E-state index contributed by atoms with van der Waals surface area (Å²) in [7, 11) is 0. The first-order valence-electron chi connectivity index (χ1n) is 4.52. The van der Waals surface area contributed by atoms with Crippen LogP contribution < -0.4 is 0 Å². The van der Waals surface area contributed by atoms with Crippen LogP contribution in [0.4, 0.5) is 0 Å². The number of hydrogen-bond donors (Lipinski definition) is 2. The zero-order valence-electron chi connectivity index (χ0n) is 7.95. The third-order valence-corrected chi connectivity index (χ3v) is 1.56. The van der Waals surface area contributed by atoms with E-state index < -0.39 is 11.9 Å². The van der Waals surface area contributed by atoms with E-state index in [1.54, 1.807) is 0 Å². The summed E-state index contributed by atoms with van der Waals surface area (Å²) in [6, 6.07) is 0. The van der Waals surface area contributed by atoms with Crippen LogP contribution in [0.5, 0.6) is 0 Å². The first kappa shape index (κ1) is 12.5. The molecule has 0 spiro atoms. The van der Waals surface area contributed by atoms with Crippen LogP contribution in [0.15, 0.2) is 0 Å². The molecule has 14 heavy (non-hydrogen) atoms. The lowest BCUT2D eigenvalue weighted by Crippen LogP contribution is -1.93. The van der Waals surface area contributed by atoms with Crippen molar-refractivity contribution < 1.29 is 19.8 Å². The molecule has 78 valence electrons. The summed E-state index contributed by atoms with van der Waals surface area (Å²) in [4.78, 5) is 20.2. The Morgan fingerprint density at radius 1 is 0.929 bits per heavy atom. The first-order chi connectivity index (χ1) is 6.63. The van der Waals surface area contributed by atoms with Crippen LogP contribution in [0.2, 0.25) is 0 Å². The quantitative estimate of drug-likeness (QED) is 0.501. The van der Waals surface area contributed by atoms with Gasteiger partial charge in [0.2, 0.25) is 0 Å². The molecule has 0 aromatic heterocycles. The first-order valence-corrected chi connectivity index (χ1v) is 4.52. The number of carboxylic acids is 2. The molecule has 0 fully saturated rings. The van der Waals surface area contributed by atoms with Gasteiger partial charge in [-0.2, -0.15) is 0 Å². The van der Waals surface area contributed by atoms with E-state index in [9.17, 15) is 9.59 Å². The summed E-state index contributed by atoms with van der Waals surface area (Å²) < 4.78 is 0. The highest BCUT2D eigenvalue weighted by molar-refractivity contribution is 5.69. The number of unbranched alkanes of at least 4 members (excludes halogenated alkanes) is 3. The molecule has 4 heteroatoms. The maximum absolute atomic E-state index is 10.1. The molecule has 0 unspecified atom stereocenters. The van der Waals surface area contributed by atoms with E-state index in [2.05, 4.69) is 11.8 Å². The molecule has 0 heterocycles. The molecular formula is C10H14O4. The van der Waals surface area contributed by atoms with Gasteiger partial charge in [-0.1, -0.05) is 12.3 Å². The SMILES string of the molecule is O=C(O)CC#CCCCCCC(=O)O. The summed E-state index contributed by atoms with van der Waals surface area (Å²) in [5.74, 6) is 3.56. The van der Waals surface area contributed by atoms with Crippen LogP contribution in [0, 0.1) is 11.8 Å². The molecule has 0 aliphatic rings. The van der Waals surface area contributed by atoms with Gasteiger partial charge in [-0.05, 0) is 12.8 Å². The van der Waals surface area contributed by atoms with Gasteiger partial charge >= 0.3 is 11.9 Å². The fourth-order valence-corrected chi connectivity index (χ4v) is 0.893. The predicted octanol–water partition coefficient (Wildman–Crippen LogP) is 1.50. The molecule has 0 rings (SSSR count). The van der Waals surface area contributed by atoms with E-state index in [1.165, 1.54) is 0 Å². The molecule has 0 amide bonds. The molecule has 0 aromatic carbocycles. The average Bonchev–Trinajstić information content (AvgIpc) is 2.08. The Labute approximate surface area is 82.9 Å². The molecule has 0 aromatic rings. The van der Waals surface area contributed by atoms with Crippen LogP contribution in [-0.4, -0.2) is 22.2 Å². The summed E-state index contributed by atoms with van der Waals surface area (Å²) >= 11 is 0. The number of rotatable bonds is 6. The van der Waals surface area contributed by atoms with Crippen LogP contribution in [-0.2, 0) is 9.59 Å². The van der Waals surface area contributed by atoms with Crippen molar-refractivity contribution in [3.05, 3.63) is 0 Å². The Kier molecular flexibility index (Phi) is 7.24. The number of aliphatic carboxylic acids is 2. The van der Waals surface area contributed by atoms with Gasteiger partial charge in [-0.3, -0.25) is 9.59 Å². The largest absolute Gasteiger partial charge is 0.481 e. The van der Waals surface area contributed by atoms with Crippen molar-refractivity contribution in [2.24, 2.45) is 0 Å². The smallest absolute Gasteiger partial charge is 0.315 e. The van der Waals surface area contributed by atoms with Crippen molar-refractivity contribution in [1.29, 1.82) is 0 Å². The monoisotopic (exact) mass is 198 g/mol. The Morgan fingerprint density at radius 3 is 2.21 bits per heavy atom. The maximum atomic E-state index is 10.1. The van der Waals surface area contributed by atoms with Crippen molar-refractivity contribution in [3.63, 3.8) is 0 Å². The molecular weight excluding hydrogens is 184 g/mol. The van der Waals surface area contributed by atoms with E-state index in [0.717, 1.165) is 12.8 Å². The Hall–Kier alpha value is -1.50. The zero-order valence-corrected chi connectivity index (χ0v) is 7.95. The Morgan fingerprint density at radius 2 is 1.64 bits per heavy atom. The van der Waals surface area contributed by atoms with Gasteiger partial charge in [-0.25, -0.2) is 0 Å². The van der Waals surface area contributed by atoms with Crippen molar-refractivity contribution in [3.8, 4) is 11.8 Å². The van der Waals surface area contributed by atoms with Gasteiger partial charge in [0, 0.05) is 12.8 Å². The Bertz CT molecular complexity index is 247. The molecule has 0 saturated heterocycles. The van der Waals surface area contributed by atoms with E-state index in [0.29, 0.717) is 12.8 Å². The average molecular weight is 198 g/mol. The molecule has 0 aliphatic carbocycles. The molecule has 0 radical (unpaired) electrons. The van der Waals surface area contributed by atoms with E-state index in [4.69, 9.17) is 10.2 Å². The Balaban J connectivity index is 3.23. The van der Waals surface area contributed by atoms with Crippen LogP contribution in [0.1, 0.15) is 38.5 Å². The second kappa shape index (κ2) is 8.11. The van der Waals surface area contributed by atoms with E-state index in [1.807, 2.05) is 0 Å². The van der Waals surface area contributed by atoms with E-state index >= 15 is 0 Å². The van der Waals surface area contributed by atoms with Crippen LogP contribution in [0.3, 0.4) is 0 Å². The number of carboxylic acid groups (broad SMARTS) is 2. The zero-order chi connectivity index (χ0) is 10.8. The summed E-state index contributed by atoms with van der Waals surface area (Å²) in [6.07, 6.45) is 3.05. The van der Waals surface area contributed by atoms with Gasteiger partial charge in [0.25, 0.3) is 0 Å². The minimum Gasteiger partial charge on any atom is -0.481 e. The fourth-order valence-electron chi connectivity index (χ4n) is 0.893. The highest BCUT2D eigenvalue weighted by atomic mass is 16.4. The molecule has 0 saturated carbocycles. The van der Waals surface area contributed by atoms with Crippen molar-refractivity contribution >= 4 is 11.9 Å². The highest BCUT2D eigenvalue weighted by Crippen LogP contribution is 2.01. The summed E-state index contributed by atoms with van der Waals surface area (Å²) in [5, 5.41) is 16.6. The lowest BCUT2D eigenvalue weighted by molar-refractivity contribution is -0.137. The lowest BCUT2D eigenvalue weighted by Gasteiger charge is -1.93. The van der Waals surface area contributed by atoms with Crippen LogP contribution >= 0.6 is 0 Å². The van der Waals surface area contributed by atoms with Crippen molar-refractivity contribution in [2.45, 2.75) is 38.5 Å². The fraction of sp³-hybridized carbons (Fsp3) is 0.600. The maximum Gasteiger partial charge on any atom is 0.315 e. The molecule has 0 bridgehead atoms. The van der Waals surface area contributed by atoms with Crippen molar-refractivity contribution in [2.75, 3.05) is 0 Å². The molecule has 2 N–H and O–H groups in total. The topological polar surface area (TPSA) is 74.6 Å². The lowest BCUT2D eigenvalue weighted by atomic mass is 10.1. The van der Waals surface area contributed by atoms with Crippen LogP contribution in [0.25, 0.3) is 0 Å². The van der Waals surface area contributed by atoms with Gasteiger partial charge in [-0.15, -0.1) is 5.92 Å². The van der Waals surface area contributed by atoms with Gasteiger partial charge in [0.15, 0.2) is 0 Å². The second-order valence-corrected chi connectivity index (χ2v) is 2.88. The predicted molar refractivity (Wildman–Crippen MR) is 50.7 cm³/mol. The summed E-state index contributed by atoms with van der Waals surface area (Å²) in [5.41, 5.74) is 0. The molecule has 0 aliphatic heterocycles. The molecule has 0 atom stereocenters. The molecule has 4 nitrogen and oxygen atoms in total. The highest BCUT2D eigenvalue weighted by Gasteiger charge is 1.95. The van der Waals surface area contributed by atoms with Gasteiger partial charge in [0.1, 0.15) is 6.42 Å². The minimum absolute atomic E-state index is 0.116.